The number of rotatable bonds is 1. The number of aromatic amines is 1. The van der Waals surface area contributed by atoms with E-state index in [-0.39, 0.29) is 22.7 Å². The average molecular weight is 391 g/mol. The first-order chi connectivity index (χ1) is 11.2. The number of fused-ring (bicyclic) bond motifs is 1. The standard InChI is InChI=1S/C17H16BrFN4O/c1-17(2,3)14-13-12(8-4-5-11(19)10(18)6-8)9(7-20)15(21)24-16(13)23-22-14/h4-6,12H,21H2,1-3H3,(H,22,23)/t12-/m1/s1. The summed E-state index contributed by atoms with van der Waals surface area (Å²) in [6.07, 6.45) is 0. The number of halogens is 2. The summed E-state index contributed by atoms with van der Waals surface area (Å²) in [4.78, 5) is 0. The SMILES string of the molecule is CC(C)(C)c1[nH]nc2c1[C@H](c1ccc(F)c(Br)c1)C(C#N)=C(N)O2. The largest absolute Gasteiger partial charge is 0.420 e. The van der Waals surface area contributed by atoms with Gasteiger partial charge in [0.2, 0.25) is 11.8 Å². The third-order valence-corrected chi connectivity index (χ3v) is 4.57. The molecule has 1 aromatic heterocycles. The maximum absolute atomic E-state index is 13.6. The number of allylic oxidation sites excluding steroid dienone is 1. The third kappa shape index (κ3) is 2.57. The maximum Gasteiger partial charge on any atom is 0.244 e. The predicted molar refractivity (Wildman–Crippen MR) is 90.7 cm³/mol. The lowest BCUT2D eigenvalue weighted by Crippen LogP contribution is -2.23. The zero-order valence-electron chi connectivity index (χ0n) is 13.4. The van der Waals surface area contributed by atoms with Crippen molar-refractivity contribution in [3.05, 3.63) is 56.8 Å². The second kappa shape index (κ2) is 5.64. The molecular formula is C17H16BrFN4O. The van der Waals surface area contributed by atoms with Crippen molar-refractivity contribution >= 4 is 15.9 Å². The van der Waals surface area contributed by atoms with Gasteiger partial charge < -0.3 is 10.5 Å². The van der Waals surface area contributed by atoms with Crippen LogP contribution in [0.5, 0.6) is 5.88 Å². The van der Waals surface area contributed by atoms with Crippen molar-refractivity contribution in [1.29, 1.82) is 5.26 Å². The molecule has 3 rings (SSSR count). The Balaban J connectivity index is 2.28. The second-order valence-electron chi connectivity index (χ2n) is 6.67. The summed E-state index contributed by atoms with van der Waals surface area (Å²) in [5.74, 6) is -0.474. The van der Waals surface area contributed by atoms with Gasteiger partial charge in [-0.2, -0.15) is 5.26 Å². The summed E-state index contributed by atoms with van der Waals surface area (Å²) >= 11 is 3.20. The van der Waals surface area contributed by atoms with E-state index >= 15 is 0 Å². The molecule has 1 atom stereocenters. The van der Waals surface area contributed by atoms with Crippen LogP contribution < -0.4 is 10.5 Å². The number of ether oxygens (including phenoxy) is 1. The van der Waals surface area contributed by atoms with Crippen LogP contribution in [0.15, 0.2) is 34.1 Å². The van der Waals surface area contributed by atoms with E-state index in [1.54, 1.807) is 12.1 Å². The molecule has 0 amide bonds. The van der Waals surface area contributed by atoms with Gasteiger partial charge in [0.15, 0.2) is 0 Å². The summed E-state index contributed by atoms with van der Waals surface area (Å²) in [6.45, 7) is 6.10. The minimum Gasteiger partial charge on any atom is -0.420 e. The highest BCUT2D eigenvalue weighted by atomic mass is 79.9. The van der Waals surface area contributed by atoms with Crippen LogP contribution >= 0.6 is 15.9 Å². The van der Waals surface area contributed by atoms with E-state index in [0.29, 0.717) is 10.4 Å². The van der Waals surface area contributed by atoms with Crippen LogP contribution in [-0.2, 0) is 5.41 Å². The minimum atomic E-state index is -0.469. The van der Waals surface area contributed by atoms with E-state index in [1.807, 2.05) is 20.8 Å². The fourth-order valence-corrected chi connectivity index (χ4v) is 3.24. The number of nitrogens with one attached hydrogen (secondary N) is 1. The lowest BCUT2D eigenvalue weighted by molar-refractivity contribution is 0.378. The maximum atomic E-state index is 13.6. The molecule has 2 heterocycles. The van der Waals surface area contributed by atoms with Crippen molar-refractivity contribution in [2.24, 2.45) is 5.73 Å². The minimum absolute atomic E-state index is 0.0161. The first-order valence-corrected chi connectivity index (χ1v) is 8.14. The lowest BCUT2D eigenvalue weighted by Gasteiger charge is -2.27. The molecule has 0 spiro atoms. The molecule has 1 aliphatic rings. The summed E-state index contributed by atoms with van der Waals surface area (Å²) in [7, 11) is 0. The summed E-state index contributed by atoms with van der Waals surface area (Å²) in [5.41, 5.74) is 8.30. The first kappa shape index (κ1) is 16.5. The van der Waals surface area contributed by atoms with Crippen molar-refractivity contribution in [2.75, 3.05) is 0 Å². The Morgan fingerprint density at radius 2 is 2.12 bits per heavy atom. The molecule has 0 aliphatic carbocycles. The number of hydrogen-bond acceptors (Lipinski definition) is 4. The molecule has 124 valence electrons. The fraction of sp³-hybridized carbons (Fsp3) is 0.294. The molecule has 0 saturated carbocycles. The van der Waals surface area contributed by atoms with Gasteiger partial charge in [-0.15, -0.1) is 5.10 Å². The molecule has 1 aliphatic heterocycles. The molecule has 7 heteroatoms. The van der Waals surface area contributed by atoms with Crippen LogP contribution in [0, 0.1) is 17.1 Å². The Bertz CT molecular complexity index is 889. The average Bonchev–Trinajstić information content (AvgIpc) is 2.92. The summed E-state index contributed by atoms with van der Waals surface area (Å²) in [6, 6.07) is 6.78. The molecule has 0 bridgehead atoms. The molecule has 24 heavy (non-hydrogen) atoms. The Morgan fingerprint density at radius 1 is 1.42 bits per heavy atom. The molecule has 2 aromatic rings. The number of nitriles is 1. The van der Waals surface area contributed by atoms with Crippen molar-refractivity contribution in [3.8, 4) is 11.9 Å². The van der Waals surface area contributed by atoms with E-state index in [2.05, 4.69) is 32.2 Å². The number of H-pyrrole nitrogens is 1. The molecule has 0 unspecified atom stereocenters. The van der Waals surface area contributed by atoms with Crippen molar-refractivity contribution < 1.29 is 9.13 Å². The van der Waals surface area contributed by atoms with Crippen LogP contribution in [0.4, 0.5) is 4.39 Å². The predicted octanol–water partition coefficient (Wildman–Crippen LogP) is 3.83. The quantitative estimate of drug-likeness (QED) is 0.774. The molecule has 0 fully saturated rings. The molecule has 3 N–H and O–H groups in total. The van der Waals surface area contributed by atoms with Gasteiger partial charge in [0.05, 0.1) is 16.0 Å². The van der Waals surface area contributed by atoms with Gasteiger partial charge in [0.1, 0.15) is 17.5 Å². The number of aromatic nitrogens is 2. The molecule has 1 aromatic carbocycles. The normalized spacial score (nSPS) is 17.2. The highest BCUT2D eigenvalue weighted by Gasteiger charge is 2.38. The van der Waals surface area contributed by atoms with Crippen molar-refractivity contribution in [2.45, 2.75) is 32.1 Å². The van der Waals surface area contributed by atoms with Crippen LogP contribution in [0.1, 0.15) is 43.5 Å². The first-order valence-electron chi connectivity index (χ1n) is 7.35. The highest BCUT2D eigenvalue weighted by Crippen LogP contribution is 2.45. The van der Waals surface area contributed by atoms with Crippen LogP contribution in [0.25, 0.3) is 0 Å². The van der Waals surface area contributed by atoms with Gasteiger partial charge in [0, 0.05) is 11.1 Å². The van der Waals surface area contributed by atoms with E-state index in [0.717, 1.165) is 16.8 Å². The van der Waals surface area contributed by atoms with Gasteiger partial charge in [0.25, 0.3) is 0 Å². The van der Waals surface area contributed by atoms with E-state index in [4.69, 9.17) is 10.5 Å². The van der Waals surface area contributed by atoms with E-state index in [1.165, 1.54) is 6.07 Å². The molecule has 0 radical (unpaired) electrons. The van der Waals surface area contributed by atoms with Crippen LogP contribution in [0.3, 0.4) is 0 Å². The topological polar surface area (TPSA) is 87.7 Å². The van der Waals surface area contributed by atoms with Gasteiger partial charge in [-0.05, 0) is 33.6 Å². The van der Waals surface area contributed by atoms with Crippen molar-refractivity contribution in [3.63, 3.8) is 0 Å². The fourth-order valence-electron chi connectivity index (χ4n) is 2.84. The van der Waals surface area contributed by atoms with Gasteiger partial charge in [-0.3, -0.25) is 5.10 Å². The summed E-state index contributed by atoms with van der Waals surface area (Å²) in [5, 5.41) is 16.8. The molecular weight excluding hydrogens is 375 g/mol. The van der Waals surface area contributed by atoms with Crippen LogP contribution in [-0.4, -0.2) is 10.2 Å². The van der Waals surface area contributed by atoms with E-state index < -0.39 is 5.92 Å². The lowest BCUT2D eigenvalue weighted by atomic mass is 9.79. The Labute approximate surface area is 147 Å². The highest BCUT2D eigenvalue weighted by molar-refractivity contribution is 9.10. The Kier molecular flexibility index (Phi) is 3.88. The van der Waals surface area contributed by atoms with Gasteiger partial charge >= 0.3 is 0 Å². The van der Waals surface area contributed by atoms with Crippen molar-refractivity contribution in [1.82, 2.24) is 10.2 Å². The zero-order chi connectivity index (χ0) is 17.6. The molecule has 0 saturated heterocycles. The zero-order valence-corrected chi connectivity index (χ0v) is 15.0. The number of nitrogens with two attached hydrogens (primary N) is 1. The number of hydrogen-bond donors (Lipinski definition) is 2. The van der Waals surface area contributed by atoms with Crippen LogP contribution in [0.2, 0.25) is 0 Å². The third-order valence-electron chi connectivity index (χ3n) is 3.97. The number of nitrogens with zero attached hydrogens (tertiary/aromatic N) is 2. The van der Waals surface area contributed by atoms with Gasteiger partial charge in [-0.25, -0.2) is 4.39 Å². The van der Waals surface area contributed by atoms with Gasteiger partial charge in [-0.1, -0.05) is 26.8 Å². The Hall–Kier alpha value is -2.33. The molecule has 5 nitrogen and oxygen atoms in total. The smallest absolute Gasteiger partial charge is 0.244 e. The second-order valence-corrected chi connectivity index (χ2v) is 7.52. The monoisotopic (exact) mass is 390 g/mol. The summed E-state index contributed by atoms with van der Waals surface area (Å²) < 4.78 is 19.5. The number of benzene rings is 1. The Morgan fingerprint density at radius 3 is 2.71 bits per heavy atom. The van der Waals surface area contributed by atoms with E-state index in [9.17, 15) is 9.65 Å².